The van der Waals surface area contributed by atoms with Crippen LogP contribution in [0.15, 0.2) is 30.9 Å². The molecule has 0 aliphatic rings. The average molecular weight is 343 g/mol. The van der Waals surface area contributed by atoms with Gasteiger partial charge in [-0.15, -0.1) is 0 Å². The van der Waals surface area contributed by atoms with Crippen LogP contribution in [0.2, 0.25) is 0 Å². The molecule has 2 atom stereocenters. The fourth-order valence-corrected chi connectivity index (χ4v) is 3.92. The molecule has 2 rings (SSSR count). The number of nitrogens with zero attached hydrogens (tertiary/aromatic N) is 3. The van der Waals surface area contributed by atoms with Crippen LogP contribution >= 0.6 is 0 Å². The number of rotatable bonds is 6. The molecule has 1 heterocycles. The molecule has 0 amide bonds. The SMILES string of the molecule is CS(=O)CC(C)(C)C(O)(Cn1cncn1)c1ccc(F)cc1F. The lowest BCUT2D eigenvalue weighted by atomic mass is 9.71. The predicted octanol–water partition coefficient (Wildman–Crippen LogP) is 1.85. The summed E-state index contributed by atoms with van der Waals surface area (Å²) in [6.45, 7) is 3.28. The maximum Gasteiger partial charge on any atom is 0.137 e. The summed E-state index contributed by atoms with van der Waals surface area (Å²) < 4.78 is 40.6. The summed E-state index contributed by atoms with van der Waals surface area (Å²) >= 11 is 0. The molecule has 0 aliphatic heterocycles. The second-order valence-corrected chi connectivity index (χ2v) is 7.61. The molecule has 1 N–H and O–H groups in total. The van der Waals surface area contributed by atoms with E-state index in [0.717, 1.165) is 12.1 Å². The van der Waals surface area contributed by atoms with E-state index in [1.54, 1.807) is 13.8 Å². The van der Waals surface area contributed by atoms with Crippen molar-refractivity contribution in [1.82, 2.24) is 14.8 Å². The molecule has 0 saturated carbocycles. The fourth-order valence-electron chi connectivity index (χ4n) is 2.67. The summed E-state index contributed by atoms with van der Waals surface area (Å²) in [6.07, 6.45) is 4.20. The van der Waals surface area contributed by atoms with Crippen molar-refractivity contribution in [3.8, 4) is 0 Å². The van der Waals surface area contributed by atoms with Crippen LogP contribution in [-0.4, -0.2) is 36.1 Å². The Labute approximate surface area is 135 Å². The Kier molecular flexibility index (Phi) is 4.95. The van der Waals surface area contributed by atoms with Crippen molar-refractivity contribution in [2.75, 3.05) is 12.0 Å². The van der Waals surface area contributed by atoms with E-state index in [9.17, 15) is 18.1 Å². The van der Waals surface area contributed by atoms with Gasteiger partial charge < -0.3 is 5.11 Å². The number of aliphatic hydroxyl groups is 1. The molecule has 0 bridgehead atoms. The summed E-state index contributed by atoms with van der Waals surface area (Å²) in [7, 11) is -1.22. The van der Waals surface area contributed by atoms with E-state index in [2.05, 4.69) is 10.1 Å². The topological polar surface area (TPSA) is 68.0 Å². The maximum atomic E-state index is 14.3. The maximum absolute atomic E-state index is 14.3. The number of benzene rings is 1. The van der Waals surface area contributed by atoms with Crippen molar-refractivity contribution >= 4 is 10.8 Å². The molecule has 8 heteroatoms. The van der Waals surface area contributed by atoms with Gasteiger partial charge in [0.05, 0.1) is 6.54 Å². The van der Waals surface area contributed by atoms with Crippen LogP contribution in [0.25, 0.3) is 0 Å². The smallest absolute Gasteiger partial charge is 0.137 e. The van der Waals surface area contributed by atoms with Crippen LogP contribution in [0.1, 0.15) is 19.4 Å². The summed E-state index contributed by atoms with van der Waals surface area (Å²) in [5.41, 5.74) is -2.77. The predicted molar refractivity (Wildman–Crippen MR) is 83.0 cm³/mol. The first-order valence-electron chi connectivity index (χ1n) is 6.96. The van der Waals surface area contributed by atoms with Crippen LogP contribution < -0.4 is 0 Å². The third kappa shape index (κ3) is 3.64. The molecule has 2 aromatic rings. The normalized spacial score (nSPS) is 16.1. The fraction of sp³-hybridized carbons (Fsp3) is 0.467. The van der Waals surface area contributed by atoms with E-state index in [0.29, 0.717) is 0 Å². The molecule has 0 saturated heterocycles. The first-order chi connectivity index (χ1) is 10.7. The van der Waals surface area contributed by atoms with Gasteiger partial charge in [0.25, 0.3) is 0 Å². The molecule has 1 aromatic heterocycles. The average Bonchev–Trinajstić information content (AvgIpc) is 2.89. The highest BCUT2D eigenvalue weighted by Crippen LogP contribution is 2.42. The monoisotopic (exact) mass is 343 g/mol. The van der Waals surface area contributed by atoms with Crippen molar-refractivity contribution in [3.63, 3.8) is 0 Å². The van der Waals surface area contributed by atoms with Gasteiger partial charge in [-0.2, -0.15) is 5.10 Å². The minimum Gasteiger partial charge on any atom is -0.383 e. The Morgan fingerprint density at radius 2 is 2.04 bits per heavy atom. The van der Waals surface area contributed by atoms with E-state index >= 15 is 0 Å². The van der Waals surface area contributed by atoms with Gasteiger partial charge in [0.15, 0.2) is 0 Å². The summed E-state index contributed by atoms with van der Waals surface area (Å²) in [4.78, 5) is 3.81. The number of aromatic nitrogens is 3. The van der Waals surface area contributed by atoms with Crippen LogP contribution in [0.5, 0.6) is 0 Å². The third-order valence-electron chi connectivity index (χ3n) is 3.92. The Hall–Kier alpha value is -1.67. The summed E-state index contributed by atoms with van der Waals surface area (Å²) in [5, 5.41) is 15.3. The summed E-state index contributed by atoms with van der Waals surface area (Å²) in [5.74, 6) is -1.46. The van der Waals surface area contributed by atoms with E-state index in [1.807, 2.05) is 0 Å². The van der Waals surface area contributed by atoms with Gasteiger partial charge in [0, 0.05) is 39.9 Å². The van der Waals surface area contributed by atoms with E-state index in [1.165, 1.54) is 29.7 Å². The molecule has 23 heavy (non-hydrogen) atoms. The highest BCUT2D eigenvalue weighted by molar-refractivity contribution is 7.84. The first-order valence-corrected chi connectivity index (χ1v) is 8.69. The van der Waals surface area contributed by atoms with Crippen LogP contribution in [0.3, 0.4) is 0 Å². The third-order valence-corrected chi connectivity index (χ3v) is 5.05. The molecule has 0 radical (unpaired) electrons. The lowest BCUT2D eigenvalue weighted by molar-refractivity contribution is -0.0808. The highest BCUT2D eigenvalue weighted by Gasteiger charge is 2.47. The minimum absolute atomic E-state index is 0.0650. The van der Waals surface area contributed by atoms with Crippen LogP contribution in [0.4, 0.5) is 8.78 Å². The summed E-state index contributed by atoms with van der Waals surface area (Å²) in [6, 6.07) is 3.02. The lowest BCUT2D eigenvalue weighted by Crippen LogP contribution is -2.49. The number of hydrogen-bond donors (Lipinski definition) is 1. The van der Waals surface area contributed by atoms with Gasteiger partial charge in [-0.25, -0.2) is 18.4 Å². The van der Waals surface area contributed by atoms with Gasteiger partial charge in [-0.3, -0.25) is 4.21 Å². The quantitative estimate of drug-likeness (QED) is 0.869. The molecule has 5 nitrogen and oxygen atoms in total. The molecule has 1 aromatic carbocycles. The number of halogens is 2. The molecule has 0 fully saturated rings. The Balaban J connectivity index is 2.56. The zero-order valence-electron chi connectivity index (χ0n) is 13.2. The Morgan fingerprint density at radius 3 is 2.57 bits per heavy atom. The van der Waals surface area contributed by atoms with Crippen molar-refractivity contribution in [3.05, 3.63) is 48.1 Å². The zero-order valence-corrected chi connectivity index (χ0v) is 14.0. The molecule has 2 unspecified atom stereocenters. The standard InChI is InChI=1S/C15H19F2N3O2S/c1-14(2,8-23(3)22)15(21,7-20-10-18-9-19-20)12-5-4-11(16)6-13(12)17/h4-6,9-10,21H,7-8H2,1-3H3. The van der Waals surface area contributed by atoms with Crippen LogP contribution in [0, 0.1) is 17.0 Å². The van der Waals surface area contributed by atoms with Crippen molar-refractivity contribution in [2.24, 2.45) is 5.41 Å². The van der Waals surface area contributed by atoms with Gasteiger partial charge in [-0.1, -0.05) is 19.9 Å². The first kappa shape index (κ1) is 17.7. The molecule has 0 spiro atoms. The van der Waals surface area contributed by atoms with E-state index in [-0.39, 0.29) is 17.9 Å². The Morgan fingerprint density at radius 1 is 1.35 bits per heavy atom. The van der Waals surface area contributed by atoms with Gasteiger partial charge in [0.1, 0.15) is 29.9 Å². The number of hydrogen-bond acceptors (Lipinski definition) is 4. The van der Waals surface area contributed by atoms with Crippen molar-refractivity contribution in [2.45, 2.75) is 26.0 Å². The van der Waals surface area contributed by atoms with E-state index < -0.39 is 33.5 Å². The lowest BCUT2D eigenvalue weighted by Gasteiger charge is -2.42. The molecular weight excluding hydrogens is 324 g/mol. The largest absolute Gasteiger partial charge is 0.383 e. The second-order valence-electron chi connectivity index (χ2n) is 6.18. The molecular formula is C15H19F2N3O2S. The van der Waals surface area contributed by atoms with Crippen LogP contribution in [-0.2, 0) is 22.9 Å². The van der Waals surface area contributed by atoms with Crippen molar-refractivity contribution < 1.29 is 18.1 Å². The van der Waals surface area contributed by atoms with E-state index in [4.69, 9.17) is 0 Å². The molecule has 126 valence electrons. The van der Waals surface area contributed by atoms with Gasteiger partial charge in [-0.05, 0) is 6.07 Å². The Bertz CT molecular complexity index is 707. The molecule has 0 aliphatic carbocycles. The minimum atomic E-state index is -1.75. The van der Waals surface area contributed by atoms with Crippen molar-refractivity contribution in [1.29, 1.82) is 0 Å². The van der Waals surface area contributed by atoms with Gasteiger partial charge in [0.2, 0.25) is 0 Å². The highest BCUT2D eigenvalue weighted by atomic mass is 32.2. The zero-order chi connectivity index (χ0) is 17.3. The van der Waals surface area contributed by atoms with Gasteiger partial charge >= 0.3 is 0 Å². The second kappa shape index (κ2) is 6.45.